The Morgan fingerprint density at radius 1 is 1.64 bits per heavy atom. The zero-order valence-electron chi connectivity index (χ0n) is 7.34. The lowest BCUT2D eigenvalue weighted by Crippen LogP contribution is -2.50. The first-order valence-electron chi connectivity index (χ1n) is 3.44. The lowest BCUT2D eigenvalue weighted by atomic mass is 9.99. The molecule has 11 heavy (non-hydrogen) atoms. The molecule has 0 bridgehead atoms. The van der Waals surface area contributed by atoms with Gasteiger partial charge in [-0.2, -0.15) is 0 Å². The molecule has 1 atom stereocenters. The highest BCUT2D eigenvalue weighted by Gasteiger charge is 2.26. The maximum Gasteiger partial charge on any atom is 0.407 e. The summed E-state index contributed by atoms with van der Waals surface area (Å²) in [6, 6.07) is 0. The van der Waals surface area contributed by atoms with Crippen molar-refractivity contribution in [1.29, 1.82) is 0 Å². The summed E-state index contributed by atoms with van der Waals surface area (Å²) in [5.41, 5.74) is -0.646. The molecule has 4 nitrogen and oxygen atoms in total. The van der Waals surface area contributed by atoms with E-state index in [4.69, 9.17) is 5.11 Å². The summed E-state index contributed by atoms with van der Waals surface area (Å²) in [6.45, 7) is 5.04. The van der Waals surface area contributed by atoms with Crippen molar-refractivity contribution in [3.63, 3.8) is 0 Å². The topological polar surface area (TPSA) is 58.6 Å². The van der Waals surface area contributed by atoms with E-state index in [0.717, 1.165) is 0 Å². The molecular weight excluding hydrogens is 146 g/mol. The Hall–Kier alpha value is -0.770. The second-order valence-corrected chi connectivity index (χ2v) is 3.01. The number of rotatable bonds is 2. The van der Waals surface area contributed by atoms with Crippen molar-refractivity contribution in [1.82, 2.24) is 5.32 Å². The predicted octanol–water partition coefficient (Wildman–Crippen LogP) is 0.502. The van der Waals surface area contributed by atoms with E-state index in [-0.39, 0.29) is 0 Å². The van der Waals surface area contributed by atoms with Gasteiger partial charge in [0, 0.05) is 0 Å². The third-order valence-corrected chi connectivity index (χ3v) is 1.65. The van der Waals surface area contributed by atoms with E-state index >= 15 is 0 Å². The number of aliphatic hydroxyl groups is 1. The zero-order valence-corrected chi connectivity index (χ0v) is 7.34. The number of aliphatic hydroxyl groups excluding tert-OH is 1. The Morgan fingerprint density at radius 2 is 2.09 bits per heavy atom. The SMILES string of the molecule is COC(=O)NC(C)(C)C(C)O. The molecule has 0 aliphatic carbocycles. The smallest absolute Gasteiger partial charge is 0.407 e. The van der Waals surface area contributed by atoms with Crippen LogP contribution in [-0.4, -0.2) is 30.0 Å². The van der Waals surface area contributed by atoms with Gasteiger partial charge in [0.1, 0.15) is 0 Å². The van der Waals surface area contributed by atoms with Crippen LogP contribution in [0.15, 0.2) is 0 Å². The van der Waals surface area contributed by atoms with Gasteiger partial charge in [0.15, 0.2) is 0 Å². The average molecular weight is 161 g/mol. The maximum absolute atomic E-state index is 10.7. The minimum atomic E-state index is -0.646. The van der Waals surface area contributed by atoms with Crippen molar-refractivity contribution >= 4 is 6.09 Å². The van der Waals surface area contributed by atoms with Gasteiger partial charge in [0.25, 0.3) is 0 Å². The molecule has 66 valence electrons. The minimum absolute atomic E-state index is 0.532. The summed E-state index contributed by atoms with van der Waals surface area (Å²) in [5.74, 6) is 0. The molecule has 0 aromatic heterocycles. The number of carbonyl (C=O) groups is 1. The van der Waals surface area contributed by atoms with Gasteiger partial charge in [-0.15, -0.1) is 0 Å². The number of carbonyl (C=O) groups excluding carboxylic acids is 1. The Bertz CT molecular complexity index is 143. The first kappa shape index (κ1) is 10.2. The van der Waals surface area contributed by atoms with Crippen molar-refractivity contribution in [2.45, 2.75) is 32.4 Å². The van der Waals surface area contributed by atoms with E-state index in [2.05, 4.69) is 10.1 Å². The summed E-state index contributed by atoms with van der Waals surface area (Å²) in [6.07, 6.45) is -1.14. The molecule has 0 rings (SSSR count). The highest BCUT2D eigenvalue weighted by atomic mass is 16.5. The van der Waals surface area contributed by atoms with E-state index in [9.17, 15) is 4.79 Å². The Kier molecular flexibility index (Phi) is 3.32. The van der Waals surface area contributed by atoms with Gasteiger partial charge in [0.2, 0.25) is 0 Å². The summed E-state index contributed by atoms with van der Waals surface area (Å²) < 4.78 is 4.38. The summed E-state index contributed by atoms with van der Waals surface area (Å²) >= 11 is 0. The summed E-state index contributed by atoms with van der Waals surface area (Å²) in [7, 11) is 1.29. The predicted molar refractivity (Wildman–Crippen MR) is 41.3 cm³/mol. The largest absolute Gasteiger partial charge is 0.453 e. The second-order valence-electron chi connectivity index (χ2n) is 3.01. The number of hydrogen-bond acceptors (Lipinski definition) is 3. The quantitative estimate of drug-likeness (QED) is 0.620. The molecule has 0 spiro atoms. The van der Waals surface area contributed by atoms with Crippen molar-refractivity contribution in [2.75, 3.05) is 7.11 Å². The molecule has 0 aromatic carbocycles. The molecule has 0 aromatic rings. The molecular formula is C7H15NO3. The first-order chi connectivity index (χ1) is 4.90. The van der Waals surface area contributed by atoms with Crippen LogP contribution in [0.2, 0.25) is 0 Å². The lowest BCUT2D eigenvalue weighted by molar-refractivity contribution is 0.0872. The molecule has 0 radical (unpaired) electrons. The van der Waals surface area contributed by atoms with Crippen LogP contribution in [0.5, 0.6) is 0 Å². The Morgan fingerprint density at radius 3 is 2.36 bits per heavy atom. The fraction of sp³-hybridized carbons (Fsp3) is 0.857. The standard InChI is InChI=1S/C7H15NO3/c1-5(9)7(2,3)8-6(10)11-4/h5,9H,1-4H3,(H,8,10). The van der Waals surface area contributed by atoms with E-state index in [0.29, 0.717) is 0 Å². The molecule has 4 heteroatoms. The molecule has 0 heterocycles. The van der Waals surface area contributed by atoms with Gasteiger partial charge in [0.05, 0.1) is 18.8 Å². The van der Waals surface area contributed by atoms with Crippen LogP contribution in [0.4, 0.5) is 4.79 Å². The van der Waals surface area contributed by atoms with E-state index in [1.807, 2.05) is 0 Å². The first-order valence-corrected chi connectivity index (χ1v) is 3.44. The summed E-state index contributed by atoms with van der Waals surface area (Å²) in [4.78, 5) is 10.7. The third-order valence-electron chi connectivity index (χ3n) is 1.65. The number of methoxy groups -OCH3 is 1. The van der Waals surface area contributed by atoms with Gasteiger partial charge < -0.3 is 15.2 Å². The van der Waals surface area contributed by atoms with Crippen LogP contribution in [0.1, 0.15) is 20.8 Å². The molecule has 0 fully saturated rings. The minimum Gasteiger partial charge on any atom is -0.453 e. The van der Waals surface area contributed by atoms with Crippen LogP contribution in [-0.2, 0) is 4.74 Å². The van der Waals surface area contributed by atoms with E-state index < -0.39 is 17.7 Å². The number of hydrogen-bond donors (Lipinski definition) is 2. The van der Waals surface area contributed by atoms with Crippen LogP contribution in [0.3, 0.4) is 0 Å². The van der Waals surface area contributed by atoms with Gasteiger partial charge in [-0.25, -0.2) is 4.79 Å². The van der Waals surface area contributed by atoms with E-state index in [1.165, 1.54) is 7.11 Å². The Balaban J connectivity index is 4.01. The monoisotopic (exact) mass is 161 g/mol. The van der Waals surface area contributed by atoms with Crippen LogP contribution >= 0.6 is 0 Å². The molecule has 0 saturated heterocycles. The van der Waals surface area contributed by atoms with Crippen LogP contribution in [0.25, 0.3) is 0 Å². The van der Waals surface area contributed by atoms with E-state index in [1.54, 1.807) is 20.8 Å². The molecule has 1 unspecified atom stereocenters. The molecule has 1 amide bonds. The van der Waals surface area contributed by atoms with Crippen molar-refractivity contribution in [3.8, 4) is 0 Å². The number of ether oxygens (including phenoxy) is 1. The lowest BCUT2D eigenvalue weighted by Gasteiger charge is -2.28. The molecule has 2 N–H and O–H groups in total. The highest BCUT2D eigenvalue weighted by Crippen LogP contribution is 2.07. The number of nitrogens with one attached hydrogen (secondary N) is 1. The molecule has 0 saturated carbocycles. The van der Waals surface area contributed by atoms with Gasteiger partial charge in [-0.1, -0.05) is 0 Å². The van der Waals surface area contributed by atoms with Crippen LogP contribution in [0, 0.1) is 0 Å². The van der Waals surface area contributed by atoms with Crippen molar-refractivity contribution in [2.24, 2.45) is 0 Å². The average Bonchev–Trinajstić information content (AvgIpc) is 1.86. The maximum atomic E-state index is 10.7. The number of alkyl carbamates (subject to hydrolysis) is 1. The third kappa shape index (κ3) is 3.23. The zero-order chi connectivity index (χ0) is 9.07. The fourth-order valence-corrected chi connectivity index (χ4v) is 0.419. The van der Waals surface area contributed by atoms with Crippen LogP contribution < -0.4 is 5.32 Å². The van der Waals surface area contributed by atoms with Gasteiger partial charge in [-0.05, 0) is 20.8 Å². The normalized spacial score (nSPS) is 13.9. The van der Waals surface area contributed by atoms with Crippen molar-refractivity contribution < 1.29 is 14.6 Å². The number of amides is 1. The van der Waals surface area contributed by atoms with Gasteiger partial charge >= 0.3 is 6.09 Å². The molecule has 0 aliphatic rings. The van der Waals surface area contributed by atoms with Gasteiger partial charge in [-0.3, -0.25) is 0 Å². The molecule has 0 aliphatic heterocycles. The summed E-state index contributed by atoms with van der Waals surface area (Å²) in [5, 5.41) is 11.6. The Labute approximate surface area is 66.5 Å². The highest BCUT2D eigenvalue weighted by molar-refractivity contribution is 5.67. The second kappa shape index (κ2) is 3.57. The fourth-order valence-electron chi connectivity index (χ4n) is 0.419. The van der Waals surface area contributed by atoms with Crippen molar-refractivity contribution in [3.05, 3.63) is 0 Å².